The molecule has 0 bridgehead atoms. The van der Waals surface area contributed by atoms with Gasteiger partial charge in [0.1, 0.15) is 0 Å². The number of hydrogen-bond acceptors (Lipinski definition) is 2. The van der Waals surface area contributed by atoms with E-state index in [1.54, 1.807) is 0 Å². The van der Waals surface area contributed by atoms with Crippen molar-refractivity contribution in [2.75, 3.05) is 19.1 Å². The summed E-state index contributed by atoms with van der Waals surface area (Å²) < 4.78 is 5.32. The first kappa shape index (κ1) is 12.2. The molecule has 1 unspecified atom stereocenters. The van der Waals surface area contributed by atoms with Crippen LogP contribution in [0.5, 0.6) is 0 Å². The van der Waals surface area contributed by atoms with Crippen LogP contribution in [0.3, 0.4) is 0 Å². The Morgan fingerprint density at radius 2 is 2.00 bits per heavy atom. The number of carbonyl (C=O) groups excluding carboxylic acids is 1. The van der Waals surface area contributed by atoms with Crippen LogP contribution in [0.4, 0.5) is 0 Å². The molecule has 0 radical (unpaired) electrons. The van der Waals surface area contributed by atoms with Gasteiger partial charge in [-0.2, -0.15) is 0 Å². The Kier molecular flexibility index (Phi) is 3.19. The van der Waals surface area contributed by atoms with Crippen molar-refractivity contribution in [3.63, 3.8) is 0 Å². The molecule has 92 valence electrons. The van der Waals surface area contributed by atoms with Gasteiger partial charge >= 0.3 is 0 Å². The van der Waals surface area contributed by atoms with Gasteiger partial charge in [-0.15, -0.1) is 11.6 Å². The molecule has 0 spiro atoms. The van der Waals surface area contributed by atoms with E-state index in [1.165, 1.54) is 0 Å². The lowest BCUT2D eigenvalue weighted by molar-refractivity contribution is -0.125. The molecule has 1 aliphatic heterocycles. The summed E-state index contributed by atoms with van der Waals surface area (Å²) >= 11 is 6.01. The summed E-state index contributed by atoms with van der Waals surface area (Å²) in [5, 5.41) is 3.15. The first-order valence-electron chi connectivity index (χ1n) is 5.95. The minimum absolute atomic E-state index is 0.174. The van der Waals surface area contributed by atoms with Crippen LogP contribution in [0, 0.1) is 11.3 Å². The number of ether oxygens (including phenoxy) is 1. The second-order valence-corrected chi connectivity index (χ2v) is 6.03. The van der Waals surface area contributed by atoms with Gasteiger partial charge in [-0.1, -0.05) is 13.8 Å². The fourth-order valence-corrected chi connectivity index (χ4v) is 2.65. The monoisotopic (exact) mass is 245 g/mol. The molecule has 1 saturated carbocycles. The minimum atomic E-state index is -0.227. The summed E-state index contributed by atoms with van der Waals surface area (Å²) in [5.41, 5.74) is -0.0433. The molecule has 1 amide bonds. The van der Waals surface area contributed by atoms with Crippen molar-refractivity contribution in [3.8, 4) is 0 Å². The molecule has 3 nitrogen and oxygen atoms in total. The van der Waals surface area contributed by atoms with Crippen LogP contribution >= 0.6 is 11.6 Å². The van der Waals surface area contributed by atoms with Gasteiger partial charge in [0.15, 0.2) is 0 Å². The smallest absolute Gasteiger partial charge is 0.224 e. The SMILES string of the molecule is CC1(C)CC1C(=O)NC1(CCl)CCOCC1. The molecule has 0 aromatic rings. The zero-order chi connectivity index (χ0) is 11.8. The number of alkyl halides is 1. The summed E-state index contributed by atoms with van der Waals surface area (Å²) in [6.45, 7) is 5.66. The van der Waals surface area contributed by atoms with Crippen molar-refractivity contribution in [3.05, 3.63) is 0 Å². The zero-order valence-electron chi connectivity index (χ0n) is 10.0. The summed E-state index contributed by atoms with van der Waals surface area (Å²) in [5.74, 6) is 0.831. The fourth-order valence-electron chi connectivity index (χ4n) is 2.32. The van der Waals surface area contributed by atoms with E-state index in [0.717, 1.165) is 19.3 Å². The number of carbonyl (C=O) groups is 1. The van der Waals surface area contributed by atoms with Crippen LogP contribution in [0.15, 0.2) is 0 Å². The minimum Gasteiger partial charge on any atom is -0.381 e. The predicted octanol–water partition coefficient (Wildman–Crippen LogP) is 1.94. The van der Waals surface area contributed by atoms with E-state index in [-0.39, 0.29) is 22.8 Å². The van der Waals surface area contributed by atoms with Crippen molar-refractivity contribution in [2.45, 2.75) is 38.6 Å². The molecule has 16 heavy (non-hydrogen) atoms. The summed E-state index contributed by atoms with van der Waals surface area (Å²) in [7, 11) is 0. The lowest BCUT2D eigenvalue weighted by Crippen LogP contribution is -2.54. The first-order valence-corrected chi connectivity index (χ1v) is 6.48. The Bertz CT molecular complexity index is 285. The van der Waals surface area contributed by atoms with Crippen LogP contribution in [-0.4, -0.2) is 30.5 Å². The highest BCUT2D eigenvalue weighted by atomic mass is 35.5. The normalized spacial score (nSPS) is 30.8. The lowest BCUT2D eigenvalue weighted by atomic mass is 9.91. The third-order valence-corrected chi connectivity index (χ3v) is 4.44. The van der Waals surface area contributed by atoms with E-state index in [9.17, 15) is 4.79 Å². The summed E-state index contributed by atoms with van der Waals surface area (Å²) in [4.78, 5) is 12.0. The second kappa shape index (κ2) is 4.19. The molecule has 1 saturated heterocycles. The zero-order valence-corrected chi connectivity index (χ0v) is 10.8. The van der Waals surface area contributed by atoms with Crippen molar-refractivity contribution in [2.24, 2.45) is 11.3 Å². The van der Waals surface area contributed by atoms with E-state index in [2.05, 4.69) is 19.2 Å². The van der Waals surface area contributed by atoms with E-state index in [0.29, 0.717) is 19.1 Å². The number of amides is 1. The van der Waals surface area contributed by atoms with Crippen LogP contribution in [0.25, 0.3) is 0 Å². The Balaban J connectivity index is 1.94. The first-order chi connectivity index (χ1) is 7.49. The number of rotatable bonds is 3. The quantitative estimate of drug-likeness (QED) is 0.772. The van der Waals surface area contributed by atoms with E-state index in [4.69, 9.17) is 16.3 Å². The third kappa shape index (κ3) is 2.35. The summed E-state index contributed by atoms with van der Waals surface area (Å²) in [6, 6.07) is 0. The standard InChI is InChI=1S/C12H20ClNO2/c1-11(2)7-9(11)10(15)14-12(8-13)3-5-16-6-4-12/h9H,3-8H2,1-2H3,(H,14,15). The maximum absolute atomic E-state index is 12.0. The van der Waals surface area contributed by atoms with Crippen LogP contribution in [0.2, 0.25) is 0 Å². The highest BCUT2D eigenvalue weighted by molar-refractivity contribution is 6.18. The van der Waals surface area contributed by atoms with E-state index < -0.39 is 0 Å². The summed E-state index contributed by atoms with van der Waals surface area (Å²) in [6.07, 6.45) is 2.65. The number of hydrogen-bond donors (Lipinski definition) is 1. The predicted molar refractivity (Wildman–Crippen MR) is 63.5 cm³/mol. The van der Waals surface area contributed by atoms with Crippen LogP contribution in [0.1, 0.15) is 33.1 Å². The average molecular weight is 246 g/mol. The van der Waals surface area contributed by atoms with Gasteiger partial charge in [0.05, 0.1) is 5.54 Å². The molecular formula is C12H20ClNO2. The molecule has 4 heteroatoms. The molecule has 2 fully saturated rings. The van der Waals surface area contributed by atoms with Gasteiger partial charge in [0.25, 0.3) is 0 Å². The molecule has 1 heterocycles. The molecule has 0 aromatic heterocycles. The molecular weight excluding hydrogens is 226 g/mol. The van der Waals surface area contributed by atoms with Gasteiger partial charge < -0.3 is 10.1 Å². The van der Waals surface area contributed by atoms with Crippen molar-refractivity contribution in [1.29, 1.82) is 0 Å². The van der Waals surface area contributed by atoms with Crippen LogP contribution in [-0.2, 0) is 9.53 Å². The maximum atomic E-state index is 12.0. The van der Waals surface area contributed by atoms with Gasteiger partial charge in [-0.05, 0) is 24.7 Å². The van der Waals surface area contributed by atoms with Crippen LogP contribution < -0.4 is 5.32 Å². The fraction of sp³-hybridized carbons (Fsp3) is 0.917. The molecule has 1 N–H and O–H groups in total. The molecule has 1 atom stereocenters. The third-order valence-electron chi connectivity index (χ3n) is 3.92. The van der Waals surface area contributed by atoms with E-state index in [1.807, 2.05) is 0 Å². The number of halogens is 1. The molecule has 0 aromatic carbocycles. The molecule has 2 rings (SSSR count). The average Bonchev–Trinajstić information content (AvgIpc) is 2.89. The van der Waals surface area contributed by atoms with Crippen molar-refractivity contribution < 1.29 is 9.53 Å². The van der Waals surface area contributed by atoms with Crippen molar-refractivity contribution in [1.82, 2.24) is 5.32 Å². The van der Waals surface area contributed by atoms with E-state index >= 15 is 0 Å². The largest absolute Gasteiger partial charge is 0.381 e. The topological polar surface area (TPSA) is 38.3 Å². The van der Waals surface area contributed by atoms with Gasteiger partial charge in [0.2, 0.25) is 5.91 Å². The highest BCUT2D eigenvalue weighted by Gasteiger charge is 2.52. The Morgan fingerprint density at radius 3 is 2.44 bits per heavy atom. The highest BCUT2D eigenvalue weighted by Crippen LogP contribution is 2.51. The van der Waals surface area contributed by atoms with Gasteiger partial charge in [-0.25, -0.2) is 0 Å². The number of nitrogens with one attached hydrogen (secondary N) is 1. The Morgan fingerprint density at radius 1 is 1.44 bits per heavy atom. The molecule has 2 aliphatic rings. The Labute approximate surface area is 102 Å². The van der Waals surface area contributed by atoms with Gasteiger partial charge in [0, 0.05) is 25.0 Å². The maximum Gasteiger partial charge on any atom is 0.224 e. The second-order valence-electron chi connectivity index (χ2n) is 5.76. The lowest BCUT2D eigenvalue weighted by Gasteiger charge is -2.36. The Hall–Kier alpha value is -0.280. The van der Waals surface area contributed by atoms with Gasteiger partial charge in [-0.3, -0.25) is 4.79 Å². The molecule has 1 aliphatic carbocycles. The van der Waals surface area contributed by atoms with Crippen molar-refractivity contribution >= 4 is 17.5 Å².